The van der Waals surface area contributed by atoms with E-state index in [-0.39, 0.29) is 5.76 Å². The van der Waals surface area contributed by atoms with Crippen LogP contribution < -0.4 is 11.5 Å². The van der Waals surface area contributed by atoms with Crippen LogP contribution in [0.2, 0.25) is 0 Å². The van der Waals surface area contributed by atoms with Crippen LogP contribution in [0.25, 0.3) is 22.2 Å². The predicted molar refractivity (Wildman–Crippen MR) is 71.5 cm³/mol. The molecule has 6 nitrogen and oxygen atoms in total. The van der Waals surface area contributed by atoms with Gasteiger partial charge in [0.2, 0.25) is 0 Å². The van der Waals surface area contributed by atoms with Crippen LogP contribution in [0, 0.1) is 0 Å². The number of nitrogens with zero attached hydrogens (tertiary/aromatic N) is 3. The molecule has 0 fully saturated rings. The minimum atomic E-state index is -0.364. The molecule has 0 unspecified atom stereocenters. The van der Waals surface area contributed by atoms with Gasteiger partial charge in [-0.1, -0.05) is 6.07 Å². The van der Waals surface area contributed by atoms with Gasteiger partial charge in [-0.3, -0.25) is 9.25 Å². The van der Waals surface area contributed by atoms with Gasteiger partial charge < -0.3 is 10.2 Å². The summed E-state index contributed by atoms with van der Waals surface area (Å²) in [6.45, 7) is 0.411. The average molecular weight is 258 g/mol. The number of oxazole rings is 1. The number of nitrogens with two attached hydrogens (primary N) is 1. The molecule has 19 heavy (non-hydrogen) atoms. The van der Waals surface area contributed by atoms with E-state index >= 15 is 0 Å². The van der Waals surface area contributed by atoms with Crippen molar-refractivity contribution in [1.29, 1.82) is 0 Å². The molecular weight excluding hydrogens is 244 g/mol. The molecule has 1 aromatic carbocycles. The van der Waals surface area contributed by atoms with Crippen molar-refractivity contribution < 1.29 is 4.42 Å². The van der Waals surface area contributed by atoms with Crippen LogP contribution in [-0.4, -0.2) is 14.3 Å². The number of aromatic nitrogens is 3. The van der Waals surface area contributed by atoms with E-state index in [9.17, 15) is 4.79 Å². The number of rotatable bonds is 2. The molecule has 0 amide bonds. The van der Waals surface area contributed by atoms with Gasteiger partial charge in [-0.05, 0) is 17.7 Å². The molecular formula is C13H14N4O2. The van der Waals surface area contributed by atoms with Crippen molar-refractivity contribution in [2.45, 2.75) is 6.54 Å². The van der Waals surface area contributed by atoms with Crippen LogP contribution in [0.3, 0.4) is 0 Å². The monoisotopic (exact) mass is 258 g/mol. The molecule has 0 atom stereocenters. The van der Waals surface area contributed by atoms with Gasteiger partial charge in [-0.25, -0.2) is 4.79 Å². The summed E-state index contributed by atoms with van der Waals surface area (Å²) >= 11 is 0. The molecule has 0 spiro atoms. The minimum Gasteiger partial charge on any atom is -0.408 e. The first kappa shape index (κ1) is 11.7. The molecule has 0 radical (unpaired) electrons. The molecule has 0 saturated heterocycles. The Kier molecular flexibility index (Phi) is 2.53. The first-order valence-electron chi connectivity index (χ1n) is 5.92. The Morgan fingerprint density at radius 3 is 2.89 bits per heavy atom. The zero-order valence-corrected chi connectivity index (χ0v) is 10.8. The molecule has 0 aliphatic heterocycles. The molecule has 6 heteroatoms. The Labute approximate surface area is 109 Å². The summed E-state index contributed by atoms with van der Waals surface area (Å²) in [5.41, 5.74) is 9.98. The smallest absolute Gasteiger partial charge is 0.408 e. The Bertz CT molecular complexity index is 810. The average Bonchev–Trinajstić information content (AvgIpc) is 2.91. The SMILES string of the molecule is Cn1ncc(-c2ccc3oc(=O)n(C)c3c2)c1CN. The Morgan fingerprint density at radius 1 is 1.37 bits per heavy atom. The fraction of sp³-hybridized carbons (Fsp3) is 0.231. The molecule has 0 aliphatic carbocycles. The van der Waals surface area contributed by atoms with Gasteiger partial charge in [0, 0.05) is 26.2 Å². The predicted octanol–water partition coefficient (Wildman–Crippen LogP) is 0.991. The number of aryl methyl sites for hydroxylation is 2. The van der Waals surface area contributed by atoms with Crippen LogP contribution in [-0.2, 0) is 20.6 Å². The Balaban J connectivity index is 2.25. The fourth-order valence-electron chi connectivity index (χ4n) is 2.24. The van der Waals surface area contributed by atoms with E-state index in [0.717, 1.165) is 22.3 Å². The first-order chi connectivity index (χ1) is 9.11. The standard InChI is InChI=1S/C13H14N4O2/c1-16-10-5-8(3-4-12(10)19-13(16)18)9-7-15-17(2)11(9)6-14/h3-5,7H,6,14H2,1-2H3. The van der Waals surface area contributed by atoms with Crippen LogP contribution >= 0.6 is 0 Å². The molecule has 2 aromatic heterocycles. The van der Waals surface area contributed by atoms with Crippen molar-refractivity contribution in [2.24, 2.45) is 19.8 Å². The van der Waals surface area contributed by atoms with Crippen molar-refractivity contribution in [3.63, 3.8) is 0 Å². The summed E-state index contributed by atoms with van der Waals surface area (Å²) < 4.78 is 8.35. The van der Waals surface area contributed by atoms with Gasteiger partial charge in [0.25, 0.3) is 0 Å². The van der Waals surface area contributed by atoms with Crippen molar-refractivity contribution in [1.82, 2.24) is 14.3 Å². The van der Waals surface area contributed by atoms with Crippen LogP contribution in [0.1, 0.15) is 5.69 Å². The Hall–Kier alpha value is -2.34. The highest BCUT2D eigenvalue weighted by Gasteiger charge is 2.12. The van der Waals surface area contributed by atoms with E-state index in [1.165, 1.54) is 4.57 Å². The second-order valence-electron chi connectivity index (χ2n) is 4.44. The van der Waals surface area contributed by atoms with Crippen molar-refractivity contribution in [3.05, 3.63) is 40.6 Å². The molecule has 0 aliphatic rings. The molecule has 98 valence electrons. The van der Waals surface area contributed by atoms with E-state index in [2.05, 4.69) is 5.10 Å². The van der Waals surface area contributed by atoms with E-state index in [4.69, 9.17) is 10.2 Å². The number of hydrogen-bond donors (Lipinski definition) is 1. The summed E-state index contributed by atoms with van der Waals surface area (Å²) in [7, 11) is 3.54. The third kappa shape index (κ3) is 1.68. The van der Waals surface area contributed by atoms with Crippen molar-refractivity contribution in [2.75, 3.05) is 0 Å². The third-order valence-corrected chi connectivity index (χ3v) is 3.36. The highest BCUT2D eigenvalue weighted by Crippen LogP contribution is 2.26. The van der Waals surface area contributed by atoms with Crippen molar-refractivity contribution in [3.8, 4) is 11.1 Å². The van der Waals surface area contributed by atoms with E-state index in [1.807, 2.05) is 19.2 Å². The summed E-state index contributed by atoms with van der Waals surface area (Å²) in [6.07, 6.45) is 1.78. The second kappa shape index (κ2) is 4.10. The zero-order chi connectivity index (χ0) is 13.6. The highest BCUT2D eigenvalue weighted by molar-refractivity contribution is 5.81. The normalized spacial score (nSPS) is 11.3. The lowest BCUT2D eigenvalue weighted by Crippen LogP contribution is -2.08. The van der Waals surface area contributed by atoms with Gasteiger partial charge in [-0.15, -0.1) is 0 Å². The summed E-state index contributed by atoms with van der Waals surface area (Å²) in [5, 5.41) is 4.22. The molecule has 0 bridgehead atoms. The van der Waals surface area contributed by atoms with Crippen LogP contribution in [0.4, 0.5) is 0 Å². The van der Waals surface area contributed by atoms with Crippen LogP contribution in [0.5, 0.6) is 0 Å². The second-order valence-corrected chi connectivity index (χ2v) is 4.44. The zero-order valence-electron chi connectivity index (χ0n) is 10.8. The van der Waals surface area contributed by atoms with Crippen molar-refractivity contribution >= 4 is 11.1 Å². The van der Waals surface area contributed by atoms with Gasteiger partial charge >= 0.3 is 5.76 Å². The number of hydrogen-bond acceptors (Lipinski definition) is 4. The first-order valence-corrected chi connectivity index (χ1v) is 5.92. The van der Waals surface area contributed by atoms with Gasteiger partial charge in [0.05, 0.1) is 17.4 Å². The van der Waals surface area contributed by atoms with Gasteiger partial charge in [0.1, 0.15) is 0 Å². The maximum absolute atomic E-state index is 11.5. The molecule has 2 N–H and O–H groups in total. The highest BCUT2D eigenvalue weighted by atomic mass is 16.4. The number of fused-ring (bicyclic) bond motifs is 1. The molecule has 3 aromatic rings. The topological polar surface area (TPSA) is 79.0 Å². The van der Waals surface area contributed by atoms with Gasteiger partial charge in [-0.2, -0.15) is 5.10 Å². The lowest BCUT2D eigenvalue weighted by atomic mass is 10.1. The van der Waals surface area contributed by atoms with E-state index in [1.54, 1.807) is 24.0 Å². The van der Waals surface area contributed by atoms with Gasteiger partial charge in [0.15, 0.2) is 5.58 Å². The molecule has 3 rings (SSSR count). The van der Waals surface area contributed by atoms with E-state index in [0.29, 0.717) is 12.1 Å². The largest absolute Gasteiger partial charge is 0.419 e. The van der Waals surface area contributed by atoms with E-state index < -0.39 is 0 Å². The summed E-state index contributed by atoms with van der Waals surface area (Å²) in [4.78, 5) is 11.5. The molecule has 2 heterocycles. The minimum absolute atomic E-state index is 0.364. The number of benzene rings is 1. The Morgan fingerprint density at radius 2 is 2.16 bits per heavy atom. The third-order valence-electron chi connectivity index (χ3n) is 3.36. The maximum Gasteiger partial charge on any atom is 0.419 e. The van der Waals surface area contributed by atoms with Crippen LogP contribution in [0.15, 0.2) is 33.6 Å². The lowest BCUT2D eigenvalue weighted by Gasteiger charge is -2.04. The maximum atomic E-state index is 11.5. The lowest BCUT2D eigenvalue weighted by molar-refractivity contribution is 0.528. The fourth-order valence-corrected chi connectivity index (χ4v) is 2.24. The summed E-state index contributed by atoms with van der Waals surface area (Å²) in [5.74, 6) is -0.364. The summed E-state index contributed by atoms with van der Waals surface area (Å²) in [6, 6.07) is 5.61. The molecule has 0 saturated carbocycles. The quantitative estimate of drug-likeness (QED) is 0.743.